The van der Waals surface area contributed by atoms with Crippen LogP contribution in [0.2, 0.25) is 0 Å². The molecule has 136 valence electrons. The lowest BCUT2D eigenvalue weighted by atomic mass is 10.1. The lowest BCUT2D eigenvalue weighted by Gasteiger charge is -2.14. The van der Waals surface area contributed by atoms with Crippen LogP contribution >= 0.6 is 15.9 Å². The van der Waals surface area contributed by atoms with Gasteiger partial charge in [-0.2, -0.15) is 13.2 Å². The van der Waals surface area contributed by atoms with Crippen LogP contribution in [0.1, 0.15) is 29.9 Å². The van der Waals surface area contributed by atoms with Crippen LogP contribution in [0.3, 0.4) is 0 Å². The van der Waals surface area contributed by atoms with E-state index in [0.29, 0.717) is 0 Å². The predicted octanol–water partition coefficient (Wildman–Crippen LogP) is 4.57. The zero-order valence-electron chi connectivity index (χ0n) is 13.3. The van der Waals surface area contributed by atoms with Crippen molar-refractivity contribution in [3.05, 3.63) is 33.8 Å². The summed E-state index contributed by atoms with van der Waals surface area (Å²) in [5, 5.41) is 0. The Kier molecular flexibility index (Phi) is 5.40. The summed E-state index contributed by atoms with van der Waals surface area (Å²) in [6.07, 6.45) is -5.06. The second-order valence-electron chi connectivity index (χ2n) is 5.24. The SMILES string of the molecule is COC(=O)c1cc(F)c(-c2nc(Br)c(C(F)(F)F)[nH]2)cc1OC(C)C. The van der Waals surface area contributed by atoms with Gasteiger partial charge in [-0.05, 0) is 41.9 Å². The summed E-state index contributed by atoms with van der Waals surface area (Å²) in [7, 11) is 1.12. The summed E-state index contributed by atoms with van der Waals surface area (Å²) in [5.74, 6) is -2.18. The molecule has 0 aliphatic rings. The van der Waals surface area contributed by atoms with Gasteiger partial charge >= 0.3 is 12.1 Å². The Hall–Kier alpha value is -2.10. The van der Waals surface area contributed by atoms with Crippen LogP contribution in [-0.4, -0.2) is 29.2 Å². The van der Waals surface area contributed by atoms with E-state index < -0.39 is 28.3 Å². The van der Waals surface area contributed by atoms with Crippen LogP contribution in [0.15, 0.2) is 16.7 Å². The minimum Gasteiger partial charge on any atom is -0.490 e. The molecule has 0 saturated heterocycles. The van der Waals surface area contributed by atoms with E-state index in [2.05, 4.69) is 25.7 Å². The van der Waals surface area contributed by atoms with Crippen molar-refractivity contribution in [1.82, 2.24) is 9.97 Å². The number of halogens is 5. The number of esters is 1. The molecule has 2 aromatic rings. The molecule has 1 aromatic heterocycles. The summed E-state index contributed by atoms with van der Waals surface area (Å²) < 4.78 is 62.5. The van der Waals surface area contributed by atoms with Gasteiger partial charge in [-0.25, -0.2) is 14.2 Å². The quantitative estimate of drug-likeness (QED) is 0.576. The maximum Gasteiger partial charge on any atom is 0.433 e. The number of H-pyrrole nitrogens is 1. The second kappa shape index (κ2) is 7.03. The van der Waals surface area contributed by atoms with Crippen LogP contribution in [0.5, 0.6) is 5.75 Å². The third-order valence-electron chi connectivity index (χ3n) is 3.04. The molecule has 0 atom stereocenters. The fourth-order valence-corrected chi connectivity index (χ4v) is 2.52. The molecule has 0 aliphatic carbocycles. The first-order valence-corrected chi connectivity index (χ1v) is 7.75. The molecule has 0 spiro atoms. The third-order valence-corrected chi connectivity index (χ3v) is 3.61. The summed E-state index contributed by atoms with van der Waals surface area (Å²) in [4.78, 5) is 17.4. The Labute approximate surface area is 148 Å². The largest absolute Gasteiger partial charge is 0.490 e. The Morgan fingerprint density at radius 2 is 1.96 bits per heavy atom. The zero-order valence-corrected chi connectivity index (χ0v) is 14.9. The monoisotopic (exact) mass is 424 g/mol. The summed E-state index contributed by atoms with van der Waals surface area (Å²) in [5.41, 5.74) is -1.61. The second-order valence-corrected chi connectivity index (χ2v) is 5.99. The Bertz CT molecular complexity index is 803. The van der Waals surface area contributed by atoms with Gasteiger partial charge in [0.25, 0.3) is 0 Å². The number of benzene rings is 1. The van der Waals surface area contributed by atoms with E-state index in [1.165, 1.54) is 0 Å². The molecule has 2 rings (SSSR count). The molecule has 5 nitrogen and oxygen atoms in total. The molecule has 0 radical (unpaired) electrons. The van der Waals surface area contributed by atoms with Crippen molar-refractivity contribution in [1.29, 1.82) is 0 Å². The minimum atomic E-state index is -4.69. The lowest BCUT2D eigenvalue weighted by Crippen LogP contribution is -2.12. The highest BCUT2D eigenvalue weighted by molar-refractivity contribution is 9.10. The maximum absolute atomic E-state index is 14.4. The molecular weight excluding hydrogens is 412 g/mol. The van der Waals surface area contributed by atoms with E-state index in [-0.39, 0.29) is 28.8 Å². The van der Waals surface area contributed by atoms with E-state index >= 15 is 0 Å². The van der Waals surface area contributed by atoms with Gasteiger partial charge in [-0.3, -0.25) is 0 Å². The molecule has 0 fully saturated rings. The van der Waals surface area contributed by atoms with Gasteiger partial charge in [0.1, 0.15) is 27.6 Å². The van der Waals surface area contributed by atoms with E-state index in [9.17, 15) is 22.4 Å². The van der Waals surface area contributed by atoms with Crippen LogP contribution in [-0.2, 0) is 10.9 Å². The molecule has 1 N–H and O–H groups in total. The number of rotatable bonds is 4. The van der Waals surface area contributed by atoms with E-state index in [0.717, 1.165) is 19.2 Å². The first kappa shape index (κ1) is 19.2. The first-order valence-electron chi connectivity index (χ1n) is 6.96. The zero-order chi connectivity index (χ0) is 18.9. The number of imidazole rings is 1. The Morgan fingerprint density at radius 1 is 1.32 bits per heavy atom. The standard InChI is InChI=1S/C15H13BrF4N2O3/c1-6(2)25-10-5-7(9(17)4-8(10)14(23)24-3)13-21-11(12(16)22-13)15(18,19)20/h4-6H,1-3H3,(H,21,22). The van der Waals surface area contributed by atoms with Crippen molar-refractivity contribution in [2.24, 2.45) is 0 Å². The maximum atomic E-state index is 14.4. The van der Waals surface area contributed by atoms with Gasteiger partial charge in [0.15, 0.2) is 5.69 Å². The summed E-state index contributed by atoms with van der Waals surface area (Å²) in [6, 6.07) is 1.94. The Balaban J connectivity index is 2.61. The molecule has 25 heavy (non-hydrogen) atoms. The van der Waals surface area contributed by atoms with Crippen LogP contribution in [0.25, 0.3) is 11.4 Å². The molecule has 0 bridgehead atoms. The van der Waals surface area contributed by atoms with Crippen molar-refractivity contribution >= 4 is 21.9 Å². The number of ether oxygens (including phenoxy) is 2. The normalized spacial score (nSPS) is 11.7. The van der Waals surface area contributed by atoms with Gasteiger partial charge in [0.05, 0.1) is 18.8 Å². The highest BCUT2D eigenvalue weighted by Gasteiger charge is 2.36. The fraction of sp³-hybridized carbons (Fsp3) is 0.333. The number of carbonyl (C=O) groups is 1. The van der Waals surface area contributed by atoms with E-state index in [4.69, 9.17) is 4.74 Å². The molecular formula is C15H13BrF4N2O3. The third kappa shape index (κ3) is 4.12. The molecule has 1 heterocycles. The fourth-order valence-electron chi connectivity index (χ4n) is 2.02. The molecule has 1 aromatic carbocycles. The number of alkyl halides is 3. The number of hydrogen-bond acceptors (Lipinski definition) is 4. The van der Waals surface area contributed by atoms with Crippen LogP contribution < -0.4 is 4.74 Å². The summed E-state index contributed by atoms with van der Waals surface area (Å²) >= 11 is 2.69. The van der Waals surface area contributed by atoms with Crippen LogP contribution in [0, 0.1) is 5.82 Å². The highest BCUT2D eigenvalue weighted by Crippen LogP contribution is 2.37. The molecule has 0 saturated carbocycles. The van der Waals surface area contributed by atoms with Gasteiger partial charge in [0.2, 0.25) is 0 Å². The molecule has 0 amide bonds. The van der Waals surface area contributed by atoms with E-state index in [1.807, 2.05) is 4.98 Å². The van der Waals surface area contributed by atoms with Crippen molar-refractivity contribution in [2.45, 2.75) is 26.1 Å². The number of nitrogens with one attached hydrogen (secondary N) is 1. The van der Waals surface area contributed by atoms with Gasteiger partial charge < -0.3 is 14.5 Å². The predicted molar refractivity (Wildman–Crippen MR) is 83.8 cm³/mol. The number of carbonyl (C=O) groups excluding carboxylic acids is 1. The minimum absolute atomic E-state index is 0.0284. The molecule has 10 heteroatoms. The topological polar surface area (TPSA) is 64.2 Å². The number of nitrogens with zero attached hydrogens (tertiary/aromatic N) is 1. The average molecular weight is 425 g/mol. The number of aromatic amines is 1. The number of aromatic nitrogens is 2. The first-order chi connectivity index (χ1) is 11.5. The van der Waals surface area contributed by atoms with Crippen molar-refractivity contribution in [2.75, 3.05) is 7.11 Å². The van der Waals surface area contributed by atoms with Gasteiger partial charge in [-0.1, -0.05) is 0 Å². The molecule has 0 unspecified atom stereocenters. The summed E-state index contributed by atoms with van der Waals surface area (Å²) in [6.45, 7) is 3.35. The van der Waals surface area contributed by atoms with Gasteiger partial charge in [0, 0.05) is 0 Å². The Morgan fingerprint density at radius 3 is 2.44 bits per heavy atom. The number of hydrogen-bond donors (Lipinski definition) is 1. The van der Waals surface area contributed by atoms with Crippen LogP contribution in [0.4, 0.5) is 17.6 Å². The van der Waals surface area contributed by atoms with Gasteiger partial charge in [-0.15, -0.1) is 0 Å². The lowest BCUT2D eigenvalue weighted by molar-refractivity contribution is -0.141. The van der Waals surface area contributed by atoms with Crippen molar-refractivity contribution < 1.29 is 31.8 Å². The van der Waals surface area contributed by atoms with Crippen molar-refractivity contribution in [3.63, 3.8) is 0 Å². The van der Waals surface area contributed by atoms with E-state index in [1.54, 1.807) is 13.8 Å². The van der Waals surface area contributed by atoms with Crippen molar-refractivity contribution in [3.8, 4) is 17.1 Å². The highest BCUT2D eigenvalue weighted by atomic mass is 79.9. The molecule has 0 aliphatic heterocycles. The average Bonchev–Trinajstić information content (AvgIpc) is 2.89. The smallest absolute Gasteiger partial charge is 0.433 e. The number of methoxy groups -OCH3 is 1.